The first-order chi connectivity index (χ1) is 8.86. The van der Waals surface area contributed by atoms with Crippen LogP contribution in [0.4, 0.5) is 0 Å². The van der Waals surface area contributed by atoms with Crippen LogP contribution in [0.1, 0.15) is 16.8 Å². The molecular formula is C12H13I2NO4. The Morgan fingerprint density at radius 3 is 2.58 bits per heavy atom. The number of hydrogen-bond acceptors (Lipinski definition) is 4. The van der Waals surface area contributed by atoms with Crippen LogP contribution < -0.4 is 0 Å². The van der Waals surface area contributed by atoms with E-state index in [0.717, 1.165) is 3.57 Å². The number of rotatable bonds is 4. The highest BCUT2D eigenvalue weighted by Gasteiger charge is 2.19. The van der Waals surface area contributed by atoms with Gasteiger partial charge in [0.1, 0.15) is 5.75 Å². The molecule has 0 aliphatic rings. The van der Waals surface area contributed by atoms with E-state index in [1.54, 1.807) is 19.2 Å². The molecule has 0 saturated carbocycles. The molecule has 1 aromatic carbocycles. The Balaban J connectivity index is 2.85. The molecule has 0 bridgehead atoms. The summed E-state index contributed by atoms with van der Waals surface area (Å²) < 4.78 is 6.00. The molecule has 0 unspecified atom stereocenters. The molecule has 19 heavy (non-hydrogen) atoms. The predicted octanol–water partition coefficient (Wildman–Crippen LogP) is 2.24. The second kappa shape index (κ2) is 7.27. The third-order valence-electron chi connectivity index (χ3n) is 2.48. The van der Waals surface area contributed by atoms with Gasteiger partial charge in [0, 0.05) is 17.2 Å². The standard InChI is InChI=1S/C12H13I2NO4/c1-15(4-3-10(16)19-2)12(18)8-5-7(13)6-9(14)11(8)17/h5-6,17H,3-4H2,1-2H3. The monoisotopic (exact) mass is 489 g/mol. The molecule has 1 amide bonds. The number of amides is 1. The summed E-state index contributed by atoms with van der Waals surface area (Å²) >= 11 is 4.05. The molecule has 0 aliphatic heterocycles. The molecule has 7 heteroatoms. The first-order valence-electron chi connectivity index (χ1n) is 5.37. The second-order valence-corrected chi connectivity index (χ2v) is 6.24. The number of halogens is 2. The average Bonchev–Trinajstić information content (AvgIpc) is 2.38. The normalized spacial score (nSPS) is 10.1. The minimum atomic E-state index is -0.374. The SMILES string of the molecule is COC(=O)CCN(C)C(=O)c1cc(I)cc(I)c1O. The summed E-state index contributed by atoms with van der Waals surface area (Å²) in [6.07, 6.45) is 0.126. The van der Waals surface area contributed by atoms with Crippen molar-refractivity contribution < 1.29 is 19.4 Å². The van der Waals surface area contributed by atoms with E-state index in [4.69, 9.17) is 0 Å². The summed E-state index contributed by atoms with van der Waals surface area (Å²) in [5, 5.41) is 9.91. The van der Waals surface area contributed by atoms with Gasteiger partial charge in [0.15, 0.2) is 0 Å². The third-order valence-corrected chi connectivity index (χ3v) is 3.93. The molecule has 0 fully saturated rings. The van der Waals surface area contributed by atoms with Crippen LogP contribution in [0.15, 0.2) is 12.1 Å². The molecule has 0 saturated heterocycles. The van der Waals surface area contributed by atoms with Crippen molar-refractivity contribution in [3.8, 4) is 5.75 Å². The lowest BCUT2D eigenvalue weighted by molar-refractivity contribution is -0.140. The van der Waals surface area contributed by atoms with Crippen molar-refractivity contribution >= 4 is 57.1 Å². The largest absolute Gasteiger partial charge is 0.506 e. The fourth-order valence-electron chi connectivity index (χ4n) is 1.40. The van der Waals surface area contributed by atoms with Crippen molar-refractivity contribution in [2.45, 2.75) is 6.42 Å². The minimum absolute atomic E-state index is 0.0315. The fourth-order valence-corrected chi connectivity index (χ4v) is 3.24. The van der Waals surface area contributed by atoms with Gasteiger partial charge in [-0.15, -0.1) is 0 Å². The Hall–Kier alpha value is -0.580. The number of esters is 1. The van der Waals surface area contributed by atoms with Crippen LogP contribution in [0.2, 0.25) is 0 Å². The highest BCUT2D eigenvalue weighted by atomic mass is 127. The Bertz CT molecular complexity index is 505. The van der Waals surface area contributed by atoms with Gasteiger partial charge in [-0.3, -0.25) is 9.59 Å². The van der Waals surface area contributed by atoms with Gasteiger partial charge in [0.2, 0.25) is 0 Å². The van der Waals surface area contributed by atoms with E-state index in [1.807, 2.05) is 22.6 Å². The Labute approximate surface area is 138 Å². The highest BCUT2D eigenvalue weighted by Crippen LogP contribution is 2.27. The zero-order valence-corrected chi connectivity index (χ0v) is 14.8. The van der Waals surface area contributed by atoms with Crippen molar-refractivity contribution in [1.82, 2.24) is 4.90 Å². The molecule has 0 atom stereocenters. The first kappa shape index (κ1) is 16.5. The molecule has 1 N–H and O–H groups in total. The summed E-state index contributed by atoms with van der Waals surface area (Å²) in [7, 11) is 2.88. The van der Waals surface area contributed by atoms with E-state index < -0.39 is 0 Å². The number of hydrogen-bond donors (Lipinski definition) is 1. The van der Waals surface area contributed by atoms with Gasteiger partial charge in [-0.05, 0) is 57.3 Å². The van der Waals surface area contributed by atoms with Gasteiger partial charge >= 0.3 is 5.97 Å². The Kier molecular flexibility index (Phi) is 6.30. The van der Waals surface area contributed by atoms with E-state index in [0.29, 0.717) is 3.57 Å². The zero-order valence-electron chi connectivity index (χ0n) is 10.4. The Morgan fingerprint density at radius 2 is 2.00 bits per heavy atom. The van der Waals surface area contributed by atoms with Crippen molar-refractivity contribution in [3.63, 3.8) is 0 Å². The molecule has 1 rings (SSSR count). The lowest BCUT2D eigenvalue weighted by Gasteiger charge is -2.17. The maximum absolute atomic E-state index is 12.2. The summed E-state index contributed by atoms with van der Waals surface area (Å²) in [5.74, 6) is -0.727. The lowest BCUT2D eigenvalue weighted by atomic mass is 10.1. The minimum Gasteiger partial charge on any atom is -0.506 e. The van der Waals surface area contributed by atoms with Crippen LogP contribution in [0.5, 0.6) is 5.75 Å². The van der Waals surface area contributed by atoms with E-state index in [9.17, 15) is 14.7 Å². The van der Waals surface area contributed by atoms with Crippen LogP contribution in [-0.2, 0) is 9.53 Å². The van der Waals surface area contributed by atoms with Gasteiger partial charge < -0.3 is 14.7 Å². The molecule has 0 spiro atoms. The number of aromatic hydroxyl groups is 1. The molecule has 1 aromatic rings. The predicted molar refractivity (Wildman–Crippen MR) is 87.1 cm³/mol. The Morgan fingerprint density at radius 1 is 1.37 bits per heavy atom. The van der Waals surface area contributed by atoms with Crippen molar-refractivity contribution in [1.29, 1.82) is 0 Å². The second-order valence-electron chi connectivity index (χ2n) is 3.84. The molecule has 0 radical (unpaired) electrons. The number of phenolic OH excluding ortho intramolecular Hbond substituents is 1. The number of phenols is 1. The van der Waals surface area contributed by atoms with Crippen molar-refractivity contribution in [3.05, 3.63) is 24.8 Å². The number of ether oxygens (including phenoxy) is 1. The molecule has 0 aromatic heterocycles. The maximum Gasteiger partial charge on any atom is 0.307 e. The molecule has 0 heterocycles. The lowest BCUT2D eigenvalue weighted by Crippen LogP contribution is -2.29. The summed E-state index contributed by atoms with van der Waals surface area (Å²) in [6, 6.07) is 3.40. The van der Waals surface area contributed by atoms with Gasteiger partial charge in [0.25, 0.3) is 5.91 Å². The molecule has 5 nitrogen and oxygen atoms in total. The van der Waals surface area contributed by atoms with Crippen LogP contribution in [-0.4, -0.2) is 42.6 Å². The molecule has 0 aliphatic carbocycles. The zero-order chi connectivity index (χ0) is 14.6. The van der Waals surface area contributed by atoms with Crippen molar-refractivity contribution in [2.75, 3.05) is 20.7 Å². The smallest absolute Gasteiger partial charge is 0.307 e. The van der Waals surface area contributed by atoms with E-state index in [2.05, 4.69) is 27.3 Å². The highest BCUT2D eigenvalue weighted by molar-refractivity contribution is 14.1. The number of nitrogens with zero attached hydrogens (tertiary/aromatic N) is 1. The molecular weight excluding hydrogens is 476 g/mol. The van der Waals surface area contributed by atoms with Gasteiger partial charge in [-0.25, -0.2) is 0 Å². The van der Waals surface area contributed by atoms with Crippen LogP contribution in [0.3, 0.4) is 0 Å². The molecule has 104 valence electrons. The third kappa shape index (κ3) is 4.48. The topological polar surface area (TPSA) is 66.8 Å². The number of methoxy groups -OCH3 is 1. The first-order valence-corrected chi connectivity index (χ1v) is 7.52. The quantitative estimate of drug-likeness (QED) is 0.521. The number of carbonyl (C=O) groups excluding carboxylic acids is 2. The van der Waals surface area contributed by atoms with Gasteiger partial charge in [-0.2, -0.15) is 0 Å². The summed E-state index contributed by atoms with van der Waals surface area (Å²) in [6.45, 7) is 0.243. The fraction of sp³-hybridized carbons (Fsp3) is 0.333. The van der Waals surface area contributed by atoms with Crippen LogP contribution in [0, 0.1) is 7.14 Å². The number of carbonyl (C=O) groups is 2. The number of benzene rings is 1. The van der Waals surface area contributed by atoms with Crippen LogP contribution >= 0.6 is 45.2 Å². The van der Waals surface area contributed by atoms with E-state index in [1.165, 1.54) is 12.0 Å². The van der Waals surface area contributed by atoms with Crippen molar-refractivity contribution in [2.24, 2.45) is 0 Å². The van der Waals surface area contributed by atoms with Gasteiger partial charge in [0.05, 0.1) is 22.7 Å². The maximum atomic E-state index is 12.2. The summed E-state index contributed by atoms with van der Waals surface area (Å²) in [4.78, 5) is 24.6. The van der Waals surface area contributed by atoms with Gasteiger partial charge in [-0.1, -0.05) is 0 Å². The average molecular weight is 489 g/mol. The van der Waals surface area contributed by atoms with E-state index in [-0.39, 0.29) is 36.2 Å². The van der Waals surface area contributed by atoms with Crippen LogP contribution in [0.25, 0.3) is 0 Å². The summed E-state index contributed by atoms with van der Waals surface area (Å²) in [5.41, 5.74) is 0.240. The van der Waals surface area contributed by atoms with E-state index >= 15 is 0 Å².